The van der Waals surface area contributed by atoms with Gasteiger partial charge in [-0.1, -0.05) is 26.0 Å². The molecule has 0 unspecified atom stereocenters. The molecule has 1 aromatic rings. The van der Waals surface area contributed by atoms with Gasteiger partial charge in [0.15, 0.2) is 0 Å². The average Bonchev–Trinajstić information content (AvgIpc) is 2.27. The van der Waals surface area contributed by atoms with Gasteiger partial charge in [-0.05, 0) is 31.4 Å². The molecule has 0 aliphatic heterocycles. The third-order valence-electron chi connectivity index (χ3n) is 2.84. The number of carboxylic acid groups (broad SMARTS) is 1. The van der Waals surface area contributed by atoms with E-state index >= 15 is 0 Å². The SMILES string of the molecule is CCC(CC)Nc1c(C)cccc1C(=O)O. The fourth-order valence-corrected chi connectivity index (χ4v) is 1.73. The van der Waals surface area contributed by atoms with Gasteiger partial charge >= 0.3 is 5.97 Å². The Kier molecular flexibility index (Phi) is 4.35. The number of aromatic carboxylic acids is 1. The van der Waals surface area contributed by atoms with E-state index < -0.39 is 5.97 Å². The minimum atomic E-state index is -0.878. The summed E-state index contributed by atoms with van der Waals surface area (Å²) in [4.78, 5) is 11.1. The number of aryl methyl sites for hydroxylation is 1. The lowest BCUT2D eigenvalue weighted by molar-refractivity contribution is 0.0698. The Morgan fingerprint density at radius 3 is 2.50 bits per heavy atom. The summed E-state index contributed by atoms with van der Waals surface area (Å²) in [5.41, 5.74) is 2.09. The zero-order valence-electron chi connectivity index (χ0n) is 10.1. The smallest absolute Gasteiger partial charge is 0.337 e. The number of hydrogen-bond acceptors (Lipinski definition) is 2. The number of carbonyl (C=O) groups is 1. The van der Waals surface area contributed by atoms with Crippen molar-refractivity contribution in [3.8, 4) is 0 Å². The lowest BCUT2D eigenvalue weighted by Gasteiger charge is -2.19. The normalized spacial score (nSPS) is 10.5. The Morgan fingerprint density at radius 1 is 1.38 bits per heavy atom. The number of anilines is 1. The van der Waals surface area contributed by atoms with Gasteiger partial charge in [0.25, 0.3) is 0 Å². The van der Waals surface area contributed by atoms with Crippen molar-refractivity contribution in [2.75, 3.05) is 5.32 Å². The maximum absolute atomic E-state index is 11.1. The van der Waals surface area contributed by atoms with E-state index in [9.17, 15) is 4.79 Å². The maximum atomic E-state index is 11.1. The van der Waals surface area contributed by atoms with Gasteiger partial charge in [0.2, 0.25) is 0 Å². The molecule has 0 heterocycles. The monoisotopic (exact) mass is 221 g/mol. The number of carboxylic acids is 1. The summed E-state index contributed by atoms with van der Waals surface area (Å²) in [5, 5.41) is 12.4. The molecule has 3 nitrogen and oxygen atoms in total. The standard InChI is InChI=1S/C13H19NO2/c1-4-10(5-2)14-12-9(3)7-6-8-11(12)13(15)16/h6-8,10,14H,4-5H2,1-3H3,(H,15,16). The first-order chi connectivity index (χ1) is 7.60. The number of nitrogens with one attached hydrogen (secondary N) is 1. The molecule has 0 saturated heterocycles. The largest absolute Gasteiger partial charge is 0.478 e. The highest BCUT2D eigenvalue weighted by Crippen LogP contribution is 2.22. The van der Waals surface area contributed by atoms with Crippen molar-refractivity contribution in [1.82, 2.24) is 0 Å². The zero-order chi connectivity index (χ0) is 12.1. The van der Waals surface area contributed by atoms with E-state index in [2.05, 4.69) is 19.2 Å². The second kappa shape index (κ2) is 5.54. The summed E-state index contributed by atoms with van der Waals surface area (Å²) < 4.78 is 0. The molecular formula is C13H19NO2. The van der Waals surface area contributed by atoms with Gasteiger partial charge in [-0.15, -0.1) is 0 Å². The lowest BCUT2D eigenvalue weighted by atomic mass is 10.1. The van der Waals surface area contributed by atoms with Crippen molar-refractivity contribution in [2.24, 2.45) is 0 Å². The summed E-state index contributed by atoms with van der Waals surface area (Å²) >= 11 is 0. The van der Waals surface area contributed by atoms with Crippen LogP contribution in [0.5, 0.6) is 0 Å². The lowest BCUT2D eigenvalue weighted by Crippen LogP contribution is -2.19. The van der Waals surface area contributed by atoms with E-state index in [0.29, 0.717) is 11.6 Å². The Labute approximate surface area is 96.5 Å². The second-order valence-electron chi connectivity index (χ2n) is 3.96. The van der Waals surface area contributed by atoms with Crippen molar-refractivity contribution in [1.29, 1.82) is 0 Å². The molecule has 0 amide bonds. The molecular weight excluding hydrogens is 202 g/mol. The number of para-hydroxylation sites is 1. The first kappa shape index (κ1) is 12.6. The molecule has 0 radical (unpaired) electrons. The van der Waals surface area contributed by atoms with E-state index in [4.69, 9.17) is 5.11 Å². The quantitative estimate of drug-likeness (QED) is 0.802. The zero-order valence-corrected chi connectivity index (χ0v) is 10.1. The Morgan fingerprint density at radius 2 is 2.00 bits per heavy atom. The van der Waals surface area contributed by atoms with Crippen LogP contribution in [0.3, 0.4) is 0 Å². The highest BCUT2D eigenvalue weighted by Gasteiger charge is 2.14. The first-order valence-corrected chi connectivity index (χ1v) is 5.69. The predicted octanol–water partition coefficient (Wildman–Crippen LogP) is 3.29. The molecule has 3 heteroatoms. The van der Waals surface area contributed by atoms with Gasteiger partial charge in [-0.25, -0.2) is 4.79 Å². The van der Waals surface area contributed by atoms with Crippen molar-refractivity contribution >= 4 is 11.7 Å². The van der Waals surface area contributed by atoms with E-state index in [1.807, 2.05) is 13.0 Å². The van der Waals surface area contributed by atoms with Crippen LogP contribution in [0.1, 0.15) is 42.6 Å². The van der Waals surface area contributed by atoms with Crippen LogP contribution in [0, 0.1) is 6.92 Å². The van der Waals surface area contributed by atoms with Crippen LogP contribution in [0.4, 0.5) is 5.69 Å². The molecule has 1 rings (SSSR count). The van der Waals surface area contributed by atoms with E-state index in [-0.39, 0.29) is 0 Å². The average molecular weight is 221 g/mol. The Hall–Kier alpha value is -1.51. The predicted molar refractivity (Wildman–Crippen MR) is 66.1 cm³/mol. The minimum absolute atomic E-state index is 0.333. The van der Waals surface area contributed by atoms with Crippen LogP contribution in [0.15, 0.2) is 18.2 Å². The van der Waals surface area contributed by atoms with Crippen LogP contribution < -0.4 is 5.32 Å². The molecule has 0 aromatic heterocycles. The van der Waals surface area contributed by atoms with E-state index in [1.165, 1.54) is 0 Å². The highest BCUT2D eigenvalue weighted by atomic mass is 16.4. The number of rotatable bonds is 5. The third-order valence-corrected chi connectivity index (χ3v) is 2.84. The van der Waals surface area contributed by atoms with E-state index in [1.54, 1.807) is 12.1 Å². The number of hydrogen-bond donors (Lipinski definition) is 2. The van der Waals surface area contributed by atoms with Crippen LogP contribution in [0.25, 0.3) is 0 Å². The molecule has 0 fully saturated rings. The summed E-state index contributed by atoms with van der Waals surface area (Å²) in [5.74, 6) is -0.878. The van der Waals surface area contributed by atoms with Gasteiger partial charge in [-0.3, -0.25) is 0 Å². The topological polar surface area (TPSA) is 49.3 Å². The summed E-state index contributed by atoms with van der Waals surface area (Å²) in [6.07, 6.45) is 1.98. The molecule has 0 saturated carbocycles. The summed E-state index contributed by atoms with van der Waals surface area (Å²) in [6, 6.07) is 5.67. The van der Waals surface area contributed by atoms with Gasteiger partial charge in [0, 0.05) is 6.04 Å². The fraction of sp³-hybridized carbons (Fsp3) is 0.462. The van der Waals surface area contributed by atoms with Crippen molar-refractivity contribution < 1.29 is 9.90 Å². The Balaban J connectivity index is 3.05. The molecule has 16 heavy (non-hydrogen) atoms. The van der Waals surface area contributed by atoms with Gasteiger partial charge in [0.05, 0.1) is 11.3 Å². The molecule has 0 bridgehead atoms. The van der Waals surface area contributed by atoms with Gasteiger partial charge in [0.1, 0.15) is 0 Å². The van der Waals surface area contributed by atoms with E-state index in [0.717, 1.165) is 24.1 Å². The van der Waals surface area contributed by atoms with Crippen molar-refractivity contribution in [2.45, 2.75) is 39.7 Å². The molecule has 2 N–H and O–H groups in total. The molecule has 0 spiro atoms. The van der Waals surface area contributed by atoms with Gasteiger partial charge in [-0.2, -0.15) is 0 Å². The Bertz CT molecular complexity index is 370. The second-order valence-corrected chi connectivity index (χ2v) is 3.96. The van der Waals surface area contributed by atoms with Crippen LogP contribution >= 0.6 is 0 Å². The third kappa shape index (κ3) is 2.75. The maximum Gasteiger partial charge on any atom is 0.337 e. The van der Waals surface area contributed by atoms with Gasteiger partial charge < -0.3 is 10.4 Å². The van der Waals surface area contributed by atoms with Crippen LogP contribution in [-0.4, -0.2) is 17.1 Å². The fourth-order valence-electron chi connectivity index (χ4n) is 1.73. The molecule has 88 valence electrons. The minimum Gasteiger partial charge on any atom is -0.478 e. The van der Waals surface area contributed by atoms with Crippen molar-refractivity contribution in [3.05, 3.63) is 29.3 Å². The summed E-state index contributed by atoms with van der Waals surface area (Å²) in [6.45, 7) is 6.12. The van der Waals surface area contributed by atoms with Crippen LogP contribution in [0.2, 0.25) is 0 Å². The van der Waals surface area contributed by atoms with Crippen molar-refractivity contribution in [3.63, 3.8) is 0 Å². The first-order valence-electron chi connectivity index (χ1n) is 5.69. The van der Waals surface area contributed by atoms with Crippen LogP contribution in [-0.2, 0) is 0 Å². The summed E-state index contributed by atoms with van der Waals surface area (Å²) in [7, 11) is 0. The molecule has 1 aromatic carbocycles. The molecule has 0 atom stereocenters. The number of benzene rings is 1. The molecule has 0 aliphatic carbocycles. The highest BCUT2D eigenvalue weighted by molar-refractivity contribution is 5.95. The molecule has 0 aliphatic rings.